The number of aliphatic hydroxyl groups excluding tert-OH is 1. The van der Waals surface area contributed by atoms with E-state index >= 15 is 0 Å². The summed E-state index contributed by atoms with van der Waals surface area (Å²) in [6, 6.07) is 6.57. The van der Waals surface area contributed by atoms with Gasteiger partial charge in [0.25, 0.3) is 0 Å². The van der Waals surface area contributed by atoms with E-state index < -0.39 is 0 Å². The van der Waals surface area contributed by atoms with Gasteiger partial charge in [-0.2, -0.15) is 0 Å². The molecular formula is C15H21NO. The molecule has 2 aliphatic rings. The van der Waals surface area contributed by atoms with Crippen LogP contribution in [0.3, 0.4) is 0 Å². The van der Waals surface area contributed by atoms with Crippen molar-refractivity contribution in [2.24, 2.45) is 5.92 Å². The van der Waals surface area contributed by atoms with Crippen molar-refractivity contribution in [3.05, 3.63) is 29.3 Å². The number of anilines is 1. The normalized spacial score (nSPS) is 20.5. The minimum atomic E-state index is 0.244. The number of benzene rings is 1. The van der Waals surface area contributed by atoms with Gasteiger partial charge in [-0.25, -0.2) is 0 Å². The number of fused-ring (bicyclic) bond motifs is 1. The average molecular weight is 231 g/mol. The molecule has 1 aliphatic carbocycles. The Balaban J connectivity index is 1.92. The van der Waals surface area contributed by atoms with Crippen LogP contribution in [0.4, 0.5) is 5.69 Å². The maximum absolute atomic E-state index is 9.38. The van der Waals surface area contributed by atoms with Gasteiger partial charge in [-0.15, -0.1) is 0 Å². The van der Waals surface area contributed by atoms with E-state index in [2.05, 4.69) is 30.0 Å². The van der Waals surface area contributed by atoms with Gasteiger partial charge >= 0.3 is 0 Å². The van der Waals surface area contributed by atoms with Crippen LogP contribution >= 0.6 is 0 Å². The van der Waals surface area contributed by atoms with Crippen molar-refractivity contribution in [3.8, 4) is 0 Å². The first-order valence-electron chi connectivity index (χ1n) is 6.77. The van der Waals surface area contributed by atoms with E-state index in [1.807, 2.05) is 0 Å². The second kappa shape index (κ2) is 4.34. The fourth-order valence-electron chi connectivity index (χ4n) is 2.86. The van der Waals surface area contributed by atoms with Crippen molar-refractivity contribution >= 4 is 5.69 Å². The fourth-order valence-corrected chi connectivity index (χ4v) is 2.86. The maximum atomic E-state index is 9.38. The van der Waals surface area contributed by atoms with Crippen LogP contribution < -0.4 is 4.90 Å². The molecule has 1 atom stereocenters. The van der Waals surface area contributed by atoms with Crippen LogP contribution in [-0.4, -0.2) is 24.8 Å². The summed E-state index contributed by atoms with van der Waals surface area (Å²) < 4.78 is 0. The minimum absolute atomic E-state index is 0.244. The van der Waals surface area contributed by atoms with Gasteiger partial charge in [-0.3, -0.25) is 0 Å². The third-order valence-corrected chi connectivity index (χ3v) is 4.10. The summed E-state index contributed by atoms with van der Waals surface area (Å²) in [4.78, 5) is 2.55. The number of rotatable bonds is 4. The van der Waals surface area contributed by atoms with Crippen LogP contribution in [0.2, 0.25) is 0 Å². The van der Waals surface area contributed by atoms with E-state index in [0.717, 1.165) is 5.92 Å². The van der Waals surface area contributed by atoms with Gasteiger partial charge in [0, 0.05) is 31.3 Å². The predicted molar refractivity (Wildman–Crippen MR) is 70.6 cm³/mol. The van der Waals surface area contributed by atoms with Crippen molar-refractivity contribution in [2.75, 3.05) is 24.6 Å². The zero-order valence-corrected chi connectivity index (χ0v) is 10.5. The number of hydrogen-bond donors (Lipinski definition) is 1. The van der Waals surface area contributed by atoms with Gasteiger partial charge in [-0.05, 0) is 36.3 Å². The molecule has 1 aromatic carbocycles. The zero-order valence-electron chi connectivity index (χ0n) is 10.5. The van der Waals surface area contributed by atoms with E-state index in [1.165, 1.54) is 49.2 Å². The monoisotopic (exact) mass is 231 g/mol. The Hall–Kier alpha value is -1.02. The summed E-state index contributed by atoms with van der Waals surface area (Å²) in [6.07, 6.45) is 3.99. The first-order chi connectivity index (χ1) is 8.29. The molecule has 2 nitrogen and oxygen atoms in total. The molecular weight excluding hydrogens is 210 g/mol. The lowest BCUT2D eigenvalue weighted by atomic mass is 9.97. The minimum Gasteiger partial charge on any atom is -0.396 e. The van der Waals surface area contributed by atoms with Crippen molar-refractivity contribution in [2.45, 2.75) is 32.1 Å². The molecule has 2 heteroatoms. The van der Waals surface area contributed by atoms with Crippen LogP contribution in [-0.2, 0) is 6.42 Å². The largest absolute Gasteiger partial charge is 0.396 e. The van der Waals surface area contributed by atoms with Gasteiger partial charge < -0.3 is 10.0 Å². The first kappa shape index (κ1) is 11.1. The molecule has 1 heterocycles. The summed E-state index contributed by atoms with van der Waals surface area (Å²) in [5.41, 5.74) is 4.24. The zero-order chi connectivity index (χ0) is 11.8. The van der Waals surface area contributed by atoms with Crippen molar-refractivity contribution in [3.63, 3.8) is 0 Å². The molecule has 1 unspecified atom stereocenters. The second-order valence-electron chi connectivity index (χ2n) is 5.58. The lowest BCUT2D eigenvalue weighted by Crippen LogP contribution is -2.24. The highest BCUT2D eigenvalue weighted by Crippen LogP contribution is 2.39. The highest BCUT2D eigenvalue weighted by Gasteiger charge is 2.29. The molecule has 1 fully saturated rings. The quantitative estimate of drug-likeness (QED) is 0.861. The van der Waals surface area contributed by atoms with E-state index in [9.17, 15) is 5.11 Å². The summed E-state index contributed by atoms with van der Waals surface area (Å²) >= 11 is 0. The Bertz CT molecular complexity index is 411. The highest BCUT2D eigenvalue weighted by atomic mass is 16.3. The number of nitrogens with zero attached hydrogens (tertiary/aromatic N) is 1. The molecule has 1 aromatic rings. The summed E-state index contributed by atoms with van der Waals surface area (Å²) in [5, 5.41) is 9.38. The number of hydrogen-bond acceptors (Lipinski definition) is 2. The van der Waals surface area contributed by atoms with Gasteiger partial charge in [-0.1, -0.05) is 25.1 Å². The molecule has 3 rings (SSSR count). The molecule has 0 saturated heterocycles. The molecule has 1 aliphatic heterocycles. The van der Waals surface area contributed by atoms with E-state index in [1.54, 1.807) is 0 Å². The van der Waals surface area contributed by atoms with E-state index in [4.69, 9.17) is 0 Å². The summed E-state index contributed by atoms with van der Waals surface area (Å²) in [7, 11) is 0. The van der Waals surface area contributed by atoms with Crippen molar-refractivity contribution in [1.29, 1.82) is 0 Å². The Morgan fingerprint density at radius 3 is 2.94 bits per heavy atom. The van der Waals surface area contributed by atoms with Gasteiger partial charge in [0.1, 0.15) is 0 Å². The molecule has 0 spiro atoms. The van der Waals surface area contributed by atoms with Crippen molar-refractivity contribution in [1.82, 2.24) is 0 Å². The molecule has 92 valence electrons. The van der Waals surface area contributed by atoms with Crippen molar-refractivity contribution < 1.29 is 5.11 Å². The maximum Gasteiger partial charge on any atom is 0.0497 e. The Kier molecular flexibility index (Phi) is 2.83. The molecule has 1 N–H and O–H groups in total. The van der Waals surface area contributed by atoms with Gasteiger partial charge in [0.15, 0.2) is 0 Å². The lowest BCUT2D eigenvalue weighted by molar-refractivity contribution is 0.273. The smallest absolute Gasteiger partial charge is 0.0497 e. The molecule has 0 radical (unpaired) electrons. The van der Waals surface area contributed by atoms with Crippen LogP contribution in [0, 0.1) is 5.92 Å². The highest BCUT2D eigenvalue weighted by molar-refractivity contribution is 5.64. The number of para-hydroxylation sites is 1. The lowest BCUT2D eigenvalue weighted by Gasteiger charge is -2.24. The standard InChI is InChI=1S/C15H21NO/c1-11(10-17)14-4-2-3-13-7-8-16(15(13)14)9-12-5-6-12/h2-4,11-12,17H,5-10H2,1H3. The topological polar surface area (TPSA) is 23.5 Å². The fraction of sp³-hybridized carbons (Fsp3) is 0.600. The molecule has 0 bridgehead atoms. The third-order valence-electron chi connectivity index (χ3n) is 4.10. The Morgan fingerprint density at radius 2 is 2.24 bits per heavy atom. The molecule has 0 aromatic heterocycles. The summed E-state index contributed by atoms with van der Waals surface area (Å²) in [6.45, 7) is 4.75. The third kappa shape index (κ3) is 2.06. The summed E-state index contributed by atoms with van der Waals surface area (Å²) in [5.74, 6) is 1.18. The number of aliphatic hydroxyl groups is 1. The second-order valence-corrected chi connectivity index (χ2v) is 5.58. The van der Waals surface area contributed by atoms with Crippen LogP contribution in [0.25, 0.3) is 0 Å². The predicted octanol–water partition coefficient (Wildman–Crippen LogP) is 2.55. The Morgan fingerprint density at radius 1 is 1.41 bits per heavy atom. The SMILES string of the molecule is CC(CO)c1cccc2c1N(CC1CC1)CC2. The van der Waals surface area contributed by atoms with Crippen LogP contribution in [0.5, 0.6) is 0 Å². The van der Waals surface area contributed by atoms with Crippen LogP contribution in [0.15, 0.2) is 18.2 Å². The van der Waals surface area contributed by atoms with E-state index in [0.29, 0.717) is 0 Å². The molecule has 17 heavy (non-hydrogen) atoms. The van der Waals surface area contributed by atoms with Gasteiger partial charge in [0.2, 0.25) is 0 Å². The molecule has 1 saturated carbocycles. The average Bonchev–Trinajstić information content (AvgIpc) is 3.08. The first-order valence-corrected chi connectivity index (χ1v) is 6.77. The Labute approximate surface area is 103 Å². The van der Waals surface area contributed by atoms with Gasteiger partial charge in [0.05, 0.1) is 0 Å². The van der Waals surface area contributed by atoms with E-state index in [-0.39, 0.29) is 12.5 Å². The molecule has 0 amide bonds. The van der Waals surface area contributed by atoms with Crippen LogP contribution in [0.1, 0.15) is 36.8 Å².